The van der Waals surface area contributed by atoms with E-state index in [-0.39, 0.29) is 5.41 Å². The molecule has 0 saturated carbocycles. The monoisotopic (exact) mass is 301 g/mol. The summed E-state index contributed by atoms with van der Waals surface area (Å²) >= 11 is 1.93. The molecule has 0 spiro atoms. The molecule has 0 fully saturated rings. The summed E-state index contributed by atoms with van der Waals surface area (Å²) in [4.78, 5) is 5.24. The summed E-state index contributed by atoms with van der Waals surface area (Å²) in [5.41, 5.74) is 3.05. The molecule has 0 saturated heterocycles. The van der Waals surface area contributed by atoms with Gasteiger partial charge in [0.1, 0.15) is 0 Å². The second-order valence-corrected chi connectivity index (χ2v) is 7.89. The van der Waals surface area contributed by atoms with Crippen LogP contribution in [0.25, 0.3) is 10.4 Å². The molecule has 1 aromatic heterocycles. The molecule has 1 heterocycles. The molecule has 2 rings (SSSR count). The Balaban J connectivity index is 2.29. The van der Waals surface area contributed by atoms with Gasteiger partial charge >= 0.3 is 0 Å². The molecule has 0 atom stereocenters. The summed E-state index contributed by atoms with van der Waals surface area (Å²) in [6, 6.07) is 13.4. The molecule has 0 radical (unpaired) electrons. The largest absolute Gasteiger partial charge is 0.302 e. The van der Waals surface area contributed by atoms with E-state index in [4.69, 9.17) is 0 Å². The normalized spacial score (nSPS) is 12.1. The van der Waals surface area contributed by atoms with Crippen molar-refractivity contribution in [3.8, 4) is 10.4 Å². The molecule has 2 heteroatoms. The van der Waals surface area contributed by atoms with Gasteiger partial charge < -0.3 is 4.90 Å². The highest BCUT2D eigenvalue weighted by atomic mass is 32.1. The lowest BCUT2D eigenvalue weighted by molar-refractivity contribution is 0.328. The lowest BCUT2D eigenvalue weighted by Crippen LogP contribution is -2.18. The minimum Gasteiger partial charge on any atom is -0.302 e. The van der Waals surface area contributed by atoms with Crippen LogP contribution in [0.5, 0.6) is 0 Å². The summed E-state index contributed by atoms with van der Waals surface area (Å²) < 4.78 is 0. The lowest BCUT2D eigenvalue weighted by atomic mass is 9.95. The van der Waals surface area contributed by atoms with Gasteiger partial charge in [-0.05, 0) is 48.7 Å². The van der Waals surface area contributed by atoms with E-state index in [2.05, 4.69) is 76.0 Å². The van der Waals surface area contributed by atoms with Gasteiger partial charge in [0.25, 0.3) is 0 Å². The average Bonchev–Trinajstić information content (AvgIpc) is 2.89. The summed E-state index contributed by atoms with van der Waals surface area (Å²) in [5, 5.41) is 0. The third-order valence-electron chi connectivity index (χ3n) is 3.67. The Labute approximate surface area is 133 Å². The van der Waals surface area contributed by atoms with E-state index in [1.54, 1.807) is 0 Å². The maximum absolute atomic E-state index is 2.40. The second-order valence-electron chi connectivity index (χ2n) is 6.81. The number of hydrogen-bond acceptors (Lipinski definition) is 2. The predicted octanol–water partition coefficient (Wildman–Crippen LogP) is 5.55. The molecule has 0 aliphatic carbocycles. The van der Waals surface area contributed by atoms with E-state index in [9.17, 15) is 0 Å². The molecule has 0 N–H and O–H groups in total. The molecule has 1 nitrogen and oxygen atoms in total. The molecule has 0 bridgehead atoms. The first-order valence-corrected chi connectivity index (χ1v) is 8.60. The molecule has 0 amide bonds. The van der Waals surface area contributed by atoms with Gasteiger partial charge in [-0.25, -0.2) is 0 Å². The SMILES string of the molecule is CCCN(C)Cc1ccccc1-c1ccc(C(C)(C)C)s1. The fourth-order valence-corrected chi connectivity index (χ4v) is 3.66. The average molecular weight is 301 g/mol. The summed E-state index contributed by atoms with van der Waals surface area (Å²) in [6.07, 6.45) is 1.20. The third-order valence-corrected chi connectivity index (χ3v) is 5.22. The minimum atomic E-state index is 0.233. The van der Waals surface area contributed by atoms with Crippen LogP contribution in [0.1, 0.15) is 44.6 Å². The standard InChI is InChI=1S/C19H27NS/c1-6-13-20(5)14-15-9-7-8-10-16(15)17-11-12-18(21-17)19(2,3)4/h7-12H,6,13-14H2,1-5H3. The smallest absolute Gasteiger partial charge is 0.0349 e. The van der Waals surface area contributed by atoms with E-state index in [1.807, 2.05) is 11.3 Å². The van der Waals surface area contributed by atoms with E-state index in [1.165, 1.54) is 27.3 Å². The fourth-order valence-electron chi connectivity index (χ4n) is 2.54. The van der Waals surface area contributed by atoms with E-state index < -0.39 is 0 Å². The Hall–Kier alpha value is -1.12. The second kappa shape index (κ2) is 6.76. The van der Waals surface area contributed by atoms with Crippen LogP contribution in [0.3, 0.4) is 0 Å². The number of rotatable bonds is 5. The van der Waals surface area contributed by atoms with Crippen molar-refractivity contribution < 1.29 is 0 Å². The Bertz CT molecular complexity index is 577. The van der Waals surface area contributed by atoms with Crippen LogP contribution in [0.4, 0.5) is 0 Å². The number of hydrogen-bond donors (Lipinski definition) is 0. The highest BCUT2D eigenvalue weighted by Crippen LogP contribution is 2.36. The highest BCUT2D eigenvalue weighted by Gasteiger charge is 2.17. The predicted molar refractivity (Wildman–Crippen MR) is 95.1 cm³/mol. The highest BCUT2D eigenvalue weighted by molar-refractivity contribution is 7.15. The molecule has 21 heavy (non-hydrogen) atoms. The van der Waals surface area contributed by atoms with Gasteiger partial charge in [0.05, 0.1) is 0 Å². The fraction of sp³-hybridized carbons (Fsp3) is 0.474. The van der Waals surface area contributed by atoms with E-state index >= 15 is 0 Å². The van der Waals surface area contributed by atoms with E-state index in [0.717, 1.165) is 13.1 Å². The molecule has 0 aliphatic heterocycles. The van der Waals surface area contributed by atoms with Crippen molar-refractivity contribution in [1.29, 1.82) is 0 Å². The van der Waals surface area contributed by atoms with E-state index in [0.29, 0.717) is 0 Å². The third kappa shape index (κ3) is 4.18. The van der Waals surface area contributed by atoms with Crippen molar-refractivity contribution in [2.75, 3.05) is 13.6 Å². The Morgan fingerprint density at radius 1 is 1.05 bits per heavy atom. The minimum absolute atomic E-state index is 0.233. The Morgan fingerprint density at radius 2 is 1.76 bits per heavy atom. The van der Waals surface area contributed by atoms with Crippen LogP contribution in [-0.2, 0) is 12.0 Å². The van der Waals surface area contributed by atoms with Gasteiger partial charge in [0, 0.05) is 16.3 Å². The van der Waals surface area contributed by atoms with Gasteiger partial charge in [0.2, 0.25) is 0 Å². The summed E-state index contributed by atoms with van der Waals surface area (Å²) in [5.74, 6) is 0. The number of benzene rings is 1. The zero-order chi connectivity index (χ0) is 15.5. The Morgan fingerprint density at radius 3 is 2.38 bits per heavy atom. The van der Waals surface area contributed by atoms with Crippen LogP contribution >= 0.6 is 11.3 Å². The molecular weight excluding hydrogens is 274 g/mol. The van der Waals surface area contributed by atoms with Gasteiger partial charge in [0.15, 0.2) is 0 Å². The van der Waals surface area contributed by atoms with Gasteiger partial charge in [-0.3, -0.25) is 0 Å². The first kappa shape index (κ1) is 16.3. The van der Waals surface area contributed by atoms with Crippen molar-refractivity contribution in [3.63, 3.8) is 0 Å². The van der Waals surface area contributed by atoms with Crippen molar-refractivity contribution >= 4 is 11.3 Å². The van der Waals surface area contributed by atoms with Crippen molar-refractivity contribution in [3.05, 3.63) is 46.8 Å². The van der Waals surface area contributed by atoms with Gasteiger partial charge in [-0.1, -0.05) is 52.0 Å². The van der Waals surface area contributed by atoms with Crippen LogP contribution < -0.4 is 0 Å². The molecule has 114 valence electrons. The maximum atomic E-state index is 2.40. The quantitative estimate of drug-likeness (QED) is 0.699. The van der Waals surface area contributed by atoms with Crippen molar-refractivity contribution in [1.82, 2.24) is 4.90 Å². The van der Waals surface area contributed by atoms with Gasteiger partial charge in [-0.2, -0.15) is 0 Å². The Kier molecular flexibility index (Phi) is 5.23. The van der Waals surface area contributed by atoms with Crippen LogP contribution in [-0.4, -0.2) is 18.5 Å². The number of nitrogens with zero attached hydrogens (tertiary/aromatic N) is 1. The zero-order valence-corrected chi connectivity index (χ0v) is 14.8. The van der Waals surface area contributed by atoms with Crippen molar-refractivity contribution in [2.24, 2.45) is 0 Å². The molecule has 0 unspecified atom stereocenters. The van der Waals surface area contributed by atoms with Crippen LogP contribution in [0, 0.1) is 0 Å². The summed E-state index contributed by atoms with van der Waals surface area (Å²) in [7, 11) is 2.20. The lowest BCUT2D eigenvalue weighted by Gasteiger charge is -2.18. The molecular formula is C19H27NS. The first-order chi connectivity index (χ1) is 9.91. The van der Waals surface area contributed by atoms with Gasteiger partial charge in [-0.15, -0.1) is 11.3 Å². The van der Waals surface area contributed by atoms with Crippen LogP contribution in [0.15, 0.2) is 36.4 Å². The number of thiophene rings is 1. The summed E-state index contributed by atoms with van der Waals surface area (Å²) in [6.45, 7) is 11.2. The molecule has 2 aromatic rings. The van der Waals surface area contributed by atoms with Crippen LogP contribution in [0.2, 0.25) is 0 Å². The zero-order valence-electron chi connectivity index (χ0n) is 13.9. The topological polar surface area (TPSA) is 3.24 Å². The molecule has 1 aromatic carbocycles. The maximum Gasteiger partial charge on any atom is 0.0349 e. The first-order valence-electron chi connectivity index (χ1n) is 7.79. The molecule has 0 aliphatic rings. The van der Waals surface area contributed by atoms with Crippen molar-refractivity contribution in [2.45, 2.75) is 46.1 Å².